The van der Waals surface area contributed by atoms with Crippen LogP contribution in [0, 0.1) is 12.7 Å². The summed E-state index contributed by atoms with van der Waals surface area (Å²) >= 11 is 0. The molecule has 2 heteroatoms. The Morgan fingerprint density at radius 1 is 1.00 bits per heavy atom. The van der Waals surface area contributed by atoms with Crippen LogP contribution in [0.25, 0.3) is 11.3 Å². The van der Waals surface area contributed by atoms with Gasteiger partial charge in [0.15, 0.2) is 0 Å². The Labute approximate surface area is 95.5 Å². The monoisotopic (exact) mass is 217 g/mol. The summed E-state index contributed by atoms with van der Waals surface area (Å²) in [5.41, 5.74) is 3.44. The number of hydrogen-bond donors (Lipinski definition) is 0. The van der Waals surface area contributed by atoms with E-state index in [0.29, 0.717) is 6.04 Å². The van der Waals surface area contributed by atoms with Crippen molar-refractivity contribution in [2.75, 3.05) is 0 Å². The first-order chi connectivity index (χ1) is 7.59. The zero-order valence-electron chi connectivity index (χ0n) is 9.87. The van der Waals surface area contributed by atoms with Crippen LogP contribution in [-0.2, 0) is 0 Å². The molecule has 0 unspecified atom stereocenters. The van der Waals surface area contributed by atoms with Gasteiger partial charge in [-0.05, 0) is 62.7 Å². The van der Waals surface area contributed by atoms with Gasteiger partial charge in [-0.2, -0.15) is 0 Å². The molecule has 1 heterocycles. The molecule has 0 saturated carbocycles. The molecule has 0 radical (unpaired) electrons. The standard InChI is InChI=1S/C14H16FN/c1-10(2)16-11(3)4-9-14(16)12-5-7-13(15)8-6-12/h4-10H,1-3H3. The third kappa shape index (κ3) is 1.87. The summed E-state index contributed by atoms with van der Waals surface area (Å²) in [7, 11) is 0. The van der Waals surface area contributed by atoms with Crippen molar-refractivity contribution in [1.82, 2.24) is 4.57 Å². The molecule has 16 heavy (non-hydrogen) atoms. The topological polar surface area (TPSA) is 4.93 Å². The smallest absolute Gasteiger partial charge is 0.123 e. The predicted octanol–water partition coefficient (Wildman–Crippen LogP) is 4.18. The van der Waals surface area contributed by atoms with Gasteiger partial charge in [-0.3, -0.25) is 0 Å². The van der Waals surface area contributed by atoms with Gasteiger partial charge in [0.1, 0.15) is 5.82 Å². The third-order valence-electron chi connectivity index (χ3n) is 2.78. The first-order valence-corrected chi connectivity index (χ1v) is 5.53. The average molecular weight is 217 g/mol. The summed E-state index contributed by atoms with van der Waals surface area (Å²) in [4.78, 5) is 0. The molecule has 1 aromatic carbocycles. The van der Waals surface area contributed by atoms with Crippen LogP contribution in [0.15, 0.2) is 36.4 Å². The van der Waals surface area contributed by atoms with Gasteiger partial charge in [-0.25, -0.2) is 4.39 Å². The number of aromatic nitrogens is 1. The Hall–Kier alpha value is -1.57. The Morgan fingerprint density at radius 3 is 2.19 bits per heavy atom. The van der Waals surface area contributed by atoms with Crippen molar-refractivity contribution < 1.29 is 4.39 Å². The molecule has 0 saturated heterocycles. The Balaban J connectivity index is 2.52. The van der Waals surface area contributed by atoms with E-state index in [1.807, 2.05) is 12.1 Å². The molecule has 0 aliphatic carbocycles. The van der Waals surface area contributed by atoms with Crippen LogP contribution < -0.4 is 0 Å². The predicted molar refractivity (Wildman–Crippen MR) is 64.9 cm³/mol. The fourth-order valence-electron chi connectivity index (χ4n) is 2.09. The van der Waals surface area contributed by atoms with Crippen molar-refractivity contribution in [3.05, 3.63) is 47.9 Å². The molecule has 0 atom stereocenters. The Kier molecular flexibility index (Phi) is 2.82. The minimum atomic E-state index is -0.192. The molecule has 0 N–H and O–H groups in total. The van der Waals surface area contributed by atoms with Crippen LogP contribution in [0.3, 0.4) is 0 Å². The zero-order valence-corrected chi connectivity index (χ0v) is 9.87. The van der Waals surface area contributed by atoms with Gasteiger partial charge in [0, 0.05) is 17.4 Å². The second-order valence-corrected chi connectivity index (χ2v) is 4.33. The molecular formula is C14H16FN. The number of benzene rings is 1. The van der Waals surface area contributed by atoms with E-state index in [0.717, 1.165) is 11.3 Å². The second-order valence-electron chi connectivity index (χ2n) is 4.33. The second kappa shape index (κ2) is 4.12. The number of halogens is 1. The number of nitrogens with zero attached hydrogens (tertiary/aromatic N) is 1. The van der Waals surface area contributed by atoms with Crippen LogP contribution in [0.2, 0.25) is 0 Å². The van der Waals surface area contributed by atoms with Crippen molar-refractivity contribution in [3.63, 3.8) is 0 Å². The third-order valence-corrected chi connectivity index (χ3v) is 2.78. The highest BCUT2D eigenvalue weighted by molar-refractivity contribution is 5.61. The maximum absolute atomic E-state index is 12.9. The van der Waals surface area contributed by atoms with Crippen LogP contribution in [-0.4, -0.2) is 4.57 Å². The molecule has 2 rings (SSSR count). The normalized spacial score (nSPS) is 11.1. The summed E-state index contributed by atoms with van der Waals surface area (Å²) in [5, 5.41) is 0. The lowest BCUT2D eigenvalue weighted by atomic mass is 10.1. The van der Waals surface area contributed by atoms with E-state index in [9.17, 15) is 4.39 Å². The van der Waals surface area contributed by atoms with E-state index in [-0.39, 0.29) is 5.82 Å². The van der Waals surface area contributed by atoms with E-state index in [1.54, 1.807) is 0 Å². The fourth-order valence-corrected chi connectivity index (χ4v) is 2.09. The number of rotatable bonds is 2. The number of hydrogen-bond acceptors (Lipinski definition) is 0. The highest BCUT2D eigenvalue weighted by Gasteiger charge is 2.09. The lowest BCUT2D eigenvalue weighted by molar-refractivity contribution is 0.594. The lowest BCUT2D eigenvalue weighted by Gasteiger charge is -2.15. The number of aryl methyl sites for hydroxylation is 1. The van der Waals surface area contributed by atoms with Gasteiger partial charge >= 0.3 is 0 Å². The molecule has 0 aliphatic heterocycles. The highest BCUT2D eigenvalue weighted by atomic mass is 19.1. The van der Waals surface area contributed by atoms with Crippen molar-refractivity contribution in [3.8, 4) is 11.3 Å². The zero-order chi connectivity index (χ0) is 11.7. The molecular weight excluding hydrogens is 201 g/mol. The van der Waals surface area contributed by atoms with Crippen LogP contribution in [0.1, 0.15) is 25.6 Å². The fraction of sp³-hybridized carbons (Fsp3) is 0.286. The van der Waals surface area contributed by atoms with Crippen LogP contribution in [0.4, 0.5) is 4.39 Å². The van der Waals surface area contributed by atoms with Gasteiger partial charge in [0.25, 0.3) is 0 Å². The molecule has 1 aromatic heterocycles. The molecule has 2 aromatic rings. The molecule has 0 fully saturated rings. The minimum Gasteiger partial charge on any atom is -0.342 e. The van der Waals surface area contributed by atoms with Gasteiger partial charge in [0.2, 0.25) is 0 Å². The Bertz CT molecular complexity index is 480. The maximum atomic E-state index is 12.9. The quantitative estimate of drug-likeness (QED) is 0.711. The summed E-state index contributed by atoms with van der Waals surface area (Å²) < 4.78 is 15.1. The average Bonchev–Trinajstić information content (AvgIpc) is 2.61. The molecule has 84 valence electrons. The Morgan fingerprint density at radius 2 is 1.62 bits per heavy atom. The minimum absolute atomic E-state index is 0.192. The summed E-state index contributed by atoms with van der Waals surface area (Å²) in [5.74, 6) is -0.192. The van der Waals surface area contributed by atoms with Crippen molar-refractivity contribution in [2.24, 2.45) is 0 Å². The van der Waals surface area contributed by atoms with Gasteiger partial charge < -0.3 is 4.57 Å². The van der Waals surface area contributed by atoms with Gasteiger partial charge in [-0.1, -0.05) is 0 Å². The van der Waals surface area contributed by atoms with Gasteiger partial charge in [-0.15, -0.1) is 0 Å². The molecule has 1 nitrogen and oxygen atoms in total. The van der Waals surface area contributed by atoms with Crippen molar-refractivity contribution >= 4 is 0 Å². The molecule has 0 bridgehead atoms. The van der Waals surface area contributed by atoms with Crippen molar-refractivity contribution in [2.45, 2.75) is 26.8 Å². The van der Waals surface area contributed by atoms with Crippen LogP contribution >= 0.6 is 0 Å². The van der Waals surface area contributed by atoms with Crippen LogP contribution in [0.5, 0.6) is 0 Å². The largest absolute Gasteiger partial charge is 0.342 e. The summed E-state index contributed by atoms with van der Waals surface area (Å²) in [6, 6.07) is 11.2. The van der Waals surface area contributed by atoms with E-state index in [2.05, 4.69) is 37.5 Å². The van der Waals surface area contributed by atoms with E-state index in [4.69, 9.17) is 0 Å². The van der Waals surface area contributed by atoms with E-state index < -0.39 is 0 Å². The first-order valence-electron chi connectivity index (χ1n) is 5.53. The summed E-state index contributed by atoms with van der Waals surface area (Å²) in [6.07, 6.45) is 0. The van der Waals surface area contributed by atoms with Gasteiger partial charge in [0.05, 0.1) is 0 Å². The molecule has 0 amide bonds. The first kappa shape index (κ1) is 10.9. The van der Waals surface area contributed by atoms with Crippen molar-refractivity contribution in [1.29, 1.82) is 0 Å². The SMILES string of the molecule is Cc1ccc(-c2ccc(F)cc2)n1C(C)C. The molecule has 0 spiro atoms. The molecule has 0 aliphatic rings. The van der Waals surface area contributed by atoms with E-state index >= 15 is 0 Å². The lowest BCUT2D eigenvalue weighted by Crippen LogP contribution is -2.04. The van der Waals surface area contributed by atoms with E-state index in [1.165, 1.54) is 17.8 Å². The highest BCUT2D eigenvalue weighted by Crippen LogP contribution is 2.26. The summed E-state index contributed by atoms with van der Waals surface area (Å²) in [6.45, 7) is 6.40. The maximum Gasteiger partial charge on any atom is 0.123 e.